The van der Waals surface area contributed by atoms with E-state index >= 15 is 0 Å². The van der Waals surface area contributed by atoms with Gasteiger partial charge < -0.3 is 30.0 Å². The van der Waals surface area contributed by atoms with Crippen molar-refractivity contribution in [3.8, 4) is 28.5 Å². The van der Waals surface area contributed by atoms with E-state index in [1.165, 1.54) is 0 Å². The van der Waals surface area contributed by atoms with Gasteiger partial charge in [-0.15, -0.1) is 0 Å². The number of carboxylic acids is 1. The predicted octanol–water partition coefficient (Wildman–Crippen LogP) is 4.03. The van der Waals surface area contributed by atoms with Crippen LogP contribution < -0.4 is 15.8 Å². The molecule has 4 N–H and O–H groups in total. The number of nitrogens with two attached hydrogens (primary N) is 1. The van der Waals surface area contributed by atoms with Gasteiger partial charge in [0.2, 0.25) is 0 Å². The molecule has 228 valence electrons. The smallest absolute Gasteiger partial charge is 0.490 e. The minimum atomic E-state index is -5.08. The van der Waals surface area contributed by atoms with E-state index in [0.717, 1.165) is 54.8 Å². The molecule has 0 saturated heterocycles. The summed E-state index contributed by atoms with van der Waals surface area (Å²) in [4.78, 5) is 22.6. The summed E-state index contributed by atoms with van der Waals surface area (Å²) in [6, 6.07) is 9.95. The summed E-state index contributed by atoms with van der Waals surface area (Å²) in [5, 5.41) is 18.3. The SMILES string of the molecule is CCn1c(-c2nonc2N)nc2c(-c3ccccc3)ncc(OCCCNCCCn3ccnc3)c21.O=C(O)C(F)(F)F. The number of nitrogen functional groups attached to an aromatic ring is 1. The van der Waals surface area contributed by atoms with Crippen LogP contribution in [0.15, 0.2) is 59.9 Å². The Balaban J connectivity index is 0.000000541. The lowest BCUT2D eigenvalue weighted by molar-refractivity contribution is -0.192. The largest absolute Gasteiger partial charge is 0.490 e. The Labute approximate surface area is 243 Å². The number of aromatic nitrogens is 7. The molecule has 13 nitrogen and oxygen atoms in total. The van der Waals surface area contributed by atoms with Crippen LogP contribution in [0.5, 0.6) is 5.75 Å². The number of carbonyl (C=O) groups is 1. The number of pyridine rings is 1. The number of aliphatic carboxylic acids is 1. The molecule has 0 atom stereocenters. The molecular weight excluding hydrogens is 571 g/mol. The van der Waals surface area contributed by atoms with Gasteiger partial charge in [0.1, 0.15) is 11.0 Å². The Morgan fingerprint density at radius 3 is 2.51 bits per heavy atom. The first kappa shape index (κ1) is 31.0. The minimum Gasteiger partial charge on any atom is -0.490 e. The molecule has 16 heteroatoms. The van der Waals surface area contributed by atoms with Crippen molar-refractivity contribution in [2.75, 3.05) is 25.4 Å². The molecule has 0 saturated carbocycles. The Morgan fingerprint density at radius 1 is 1.14 bits per heavy atom. The summed E-state index contributed by atoms with van der Waals surface area (Å²) in [5.41, 5.74) is 9.70. The fraction of sp³-hybridized carbons (Fsp3) is 0.333. The number of aryl methyl sites for hydroxylation is 2. The van der Waals surface area contributed by atoms with Crippen LogP contribution in [0, 0.1) is 0 Å². The highest BCUT2D eigenvalue weighted by molar-refractivity contribution is 5.95. The van der Waals surface area contributed by atoms with Gasteiger partial charge in [-0.3, -0.25) is 0 Å². The molecule has 4 heterocycles. The number of carboxylic acid groups (broad SMARTS) is 1. The second kappa shape index (κ2) is 14.3. The third-order valence-corrected chi connectivity index (χ3v) is 6.15. The van der Waals surface area contributed by atoms with Gasteiger partial charge in [-0.05, 0) is 43.2 Å². The topological polar surface area (TPSA) is 172 Å². The van der Waals surface area contributed by atoms with Crippen molar-refractivity contribution in [2.45, 2.75) is 39.0 Å². The van der Waals surface area contributed by atoms with E-state index in [9.17, 15) is 13.2 Å². The lowest BCUT2D eigenvalue weighted by Gasteiger charge is -2.12. The van der Waals surface area contributed by atoms with Crippen LogP contribution in [0.4, 0.5) is 19.0 Å². The third-order valence-electron chi connectivity index (χ3n) is 6.15. The maximum atomic E-state index is 10.6. The molecule has 4 aromatic heterocycles. The van der Waals surface area contributed by atoms with Gasteiger partial charge >= 0.3 is 12.1 Å². The fourth-order valence-electron chi connectivity index (χ4n) is 4.18. The molecule has 5 aromatic rings. The highest BCUT2D eigenvalue weighted by atomic mass is 19.4. The summed E-state index contributed by atoms with van der Waals surface area (Å²) in [6.07, 6.45) is 4.21. The Bertz CT molecular complexity index is 1600. The standard InChI is InChI=1S/C25H29N9O2.C2HF3O2/c1-2-34-23-19(35-15-7-11-27-10-6-13-33-14-12-28-17-33)16-29-20(18-8-4-3-5-9-18)21(23)30-25(34)22-24(26)32-36-31-22;3-2(4,5)1(6)7/h3-5,8-9,12,14,16-17,27H,2,6-7,10-11,13,15H2,1H3,(H2,26,32);(H,6,7). The molecule has 0 bridgehead atoms. The first-order valence-electron chi connectivity index (χ1n) is 13.3. The van der Waals surface area contributed by atoms with Crippen LogP contribution in [0.1, 0.15) is 19.8 Å². The van der Waals surface area contributed by atoms with Gasteiger partial charge in [-0.25, -0.2) is 24.4 Å². The second-order valence-corrected chi connectivity index (χ2v) is 9.12. The molecule has 5 rings (SSSR count). The molecule has 0 aliphatic heterocycles. The summed E-state index contributed by atoms with van der Waals surface area (Å²) in [6.45, 7) is 5.97. The normalized spacial score (nSPS) is 11.3. The lowest BCUT2D eigenvalue weighted by atomic mass is 10.1. The molecular formula is C27H30F3N9O4. The average Bonchev–Trinajstić information content (AvgIpc) is 3.74. The van der Waals surface area contributed by atoms with E-state index in [1.54, 1.807) is 12.4 Å². The van der Waals surface area contributed by atoms with Gasteiger partial charge in [0.15, 0.2) is 23.1 Å². The zero-order chi connectivity index (χ0) is 30.8. The average molecular weight is 602 g/mol. The molecule has 0 amide bonds. The number of anilines is 1. The number of fused-ring (bicyclic) bond motifs is 1. The first-order chi connectivity index (χ1) is 20.7. The molecule has 0 aliphatic rings. The third kappa shape index (κ3) is 7.85. The monoisotopic (exact) mass is 601 g/mol. The molecule has 0 spiro atoms. The van der Waals surface area contributed by atoms with Crippen molar-refractivity contribution in [3.63, 3.8) is 0 Å². The molecule has 43 heavy (non-hydrogen) atoms. The Hall–Kier alpha value is -4.99. The number of benzene rings is 1. The van der Waals surface area contributed by atoms with Gasteiger partial charge in [0, 0.05) is 31.0 Å². The molecule has 0 radical (unpaired) electrons. The van der Waals surface area contributed by atoms with Crippen LogP contribution in [0.2, 0.25) is 0 Å². The van der Waals surface area contributed by atoms with Gasteiger partial charge in [0.25, 0.3) is 0 Å². The number of imidazole rings is 2. The van der Waals surface area contributed by atoms with Crippen molar-refractivity contribution in [1.29, 1.82) is 0 Å². The zero-order valence-electron chi connectivity index (χ0n) is 23.2. The maximum absolute atomic E-state index is 10.6. The number of rotatable bonds is 12. The number of halogens is 3. The van der Waals surface area contributed by atoms with Crippen LogP contribution in [-0.2, 0) is 17.9 Å². The van der Waals surface area contributed by atoms with Crippen LogP contribution in [-0.4, -0.2) is 71.3 Å². The van der Waals surface area contributed by atoms with Gasteiger partial charge in [-0.1, -0.05) is 30.3 Å². The lowest BCUT2D eigenvalue weighted by Crippen LogP contribution is -2.21. The quantitative estimate of drug-likeness (QED) is 0.176. The second-order valence-electron chi connectivity index (χ2n) is 9.12. The van der Waals surface area contributed by atoms with Gasteiger partial charge in [-0.2, -0.15) is 13.2 Å². The van der Waals surface area contributed by atoms with E-state index in [4.69, 9.17) is 35.0 Å². The fourth-order valence-corrected chi connectivity index (χ4v) is 4.18. The van der Waals surface area contributed by atoms with E-state index in [0.29, 0.717) is 30.4 Å². The van der Waals surface area contributed by atoms with E-state index < -0.39 is 12.1 Å². The molecule has 0 aliphatic carbocycles. The Kier molecular flexibility index (Phi) is 10.3. The minimum absolute atomic E-state index is 0.191. The summed E-state index contributed by atoms with van der Waals surface area (Å²) in [7, 11) is 0. The van der Waals surface area contributed by atoms with Crippen molar-refractivity contribution in [2.24, 2.45) is 0 Å². The van der Waals surface area contributed by atoms with E-state index in [-0.39, 0.29) is 5.82 Å². The maximum Gasteiger partial charge on any atom is 0.490 e. The number of hydrogen-bond acceptors (Lipinski definition) is 10. The zero-order valence-corrected chi connectivity index (χ0v) is 23.2. The van der Waals surface area contributed by atoms with Crippen molar-refractivity contribution in [1.82, 2.24) is 39.7 Å². The highest BCUT2D eigenvalue weighted by Crippen LogP contribution is 2.36. The number of ether oxygens (including phenoxy) is 1. The molecule has 0 fully saturated rings. The predicted molar refractivity (Wildman–Crippen MR) is 150 cm³/mol. The van der Waals surface area contributed by atoms with Crippen LogP contribution in [0.25, 0.3) is 33.8 Å². The number of nitrogens with zero attached hydrogens (tertiary/aromatic N) is 7. The number of nitrogens with one attached hydrogen (secondary N) is 1. The summed E-state index contributed by atoms with van der Waals surface area (Å²) < 4.78 is 46.9. The van der Waals surface area contributed by atoms with Gasteiger partial charge in [0.05, 0.1) is 24.8 Å². The summed E-state index contributed by atoms with van der Waals surface area (Å²) in [5.74, 6) is -1.33. The van der Waals surface area contributed by atoms with Crippen LogP contribution in [0.3, 0.4) is 0 Å². The molecule has 1 aromatic carbocycles. The van der Waals surface area contributed by atoms with Crippen molar-refractivity contribution in [3.05, 3.63) is 55.2 Å². The summed E-state index contributed by atoms with van der Waals surface area (Å²) >= 11 is 0. The number of alkyl halides is 3. The highest BCUT2D eigenvalue weighted by Gasteiger charge is 2.38. The van der Waals surface area contributed by atoms with Crippen molar-refractivity contribution < 1.29 is 32.4 Å². The van der Waals surface area contributed by atoms with Crippen molar-refractivity contribution >= 4 is 22.8 Å². The van der Waals surface area contributed by atoms with Crippen LogP contribution >= 0.6 is 0 Å². The van der Waals surface area contributed by atoms with E-state index in [2.05, 4.69) is 25.2 Å². The number of hydrogen-bond donors (Lipinski definition) is 3. The first-order valence-corrected chi connectivity index (χ1v) is 13.3. The molecule has 0 unspecified atom stereocenters. The Morgan fingerprint density at radius 2 is 1.88 bits per heavy atom. The van der Waals surface area contributed by atoms with E-state index in [1.807, 2.05) is 54.3 Å².